The van der Waals surface area contributed by atoms with Crippen molar-refractivity contribution < 1.29 is 24.2 Å². The van der Waals surface area contributed by atoms with E-state index in [9.17, 15) is 14.7 Å². The standard InChI is InChI=1S/C29H31N3O5/c1-4-6-17-30-29(35)37-26(24-16-11-19(3)27-31-25(36-5-2)18-32(24)27)21-14-12-20(13-15-21)22-9-7-8-10-23(22)28(33)34/h7-16,18,26H,4-6,17H2,1-3H3,(H,30,35)(H,33,34). The highest BCUT2D eigenvalue weighted by Crippen LogP contribution is 2.32. The first-order valence-corrected chi connectivity index (χ1v) is 12.4. The van der Waals surface area contributed by atoms with Crippen molar-refractivity contribution in [3.8, 4) is 17.0 Å². The Balaban J connectivity index is 1.76. The zero-order chi connectivity index (χ0) is 26.4. The predicted octanol–water partition coefficient (Wildman–Crippen LogP) is 6.02. The van der Waals surface area contributed by atoms with Crippen molar-refractivity contribution >= 4 is 17.7 Å². The lowest BCUT2D eigenvalue weighted by molar-refractivity contribution is 0.0697. The van der Waals surface area contributed by atoms with Crippen LogP contribution in [0.3, 0.4) is 0 Å². The second-order valence-electron chi connectivity index (χ2n) is 8.69. The molecule has 2 aromatic heterocycles. The Morgan fingerprint density at radius 1 is 1.05 bits per heavy atom. The second kappa shape index (κ2) is 11.6. The maximum absolute atomic E-state index is 12.7. The van der Waals surface area contributed by atoms with Gasteiger partial charge in [-0.05, 0) is 54.7 Å². The normalized spacial score (nSPS) is 11.8. The van der Waals surface area contributed by atoms with Crippen LogP contribution in [0, 0.1) is 6.92 Å². The van der Waals surface area contributed by atoms with Crippen LogP contribution in [-0.4, -0.2) is 39.7 Å². The van der Waals surface area contributed by atoms with E-state index in [4.69, 9.17) is 9.47 Å². The van der Waals surface area contributed by atoms with Crippen LogP contribution in [0.2, 0.25) is 0 Å². The van der Waals surface area contributed by atoms with Crippen LogP contribution < -0.4 is 10.1 Å². The zero-order valence-electron chi connectivity index (χ0n) is 21.2. The number of aryl methyl sites for hydroxylation is 1. The molecule has 0 spiro atoms. The molecular weight excluding hydrogens is 470 g/mol. The lowest BCUT2D eigenvalue weighted by atomic mass is 9.97. The van der Waals surface area contributed by atoms with Gasteiger partial charge in [0.25, 0.3) is 0 Å². The van der Waals surface area contributed by atoms with E-state index in [1.165, 1.54) is 0 Å². The molecule has 37 heavy (non-hydrogen) atoms. The Morgan fingerprint density at radius 3 is 2.51 bits per heavy atom. The summed E-state index contributed by atoms with van der Waals surface area (Å²) in [5.74, 6) is -0.498. The SMILES string of the molecule is CCCCNC(=O)OC(c1ccc(-c2ccccc2C(=O)O)cc1)c1ccc(C)c2nc(OCC)cn12. The van der Waals surface area contributed by atoms with Crippen molar-refractivity contribution in [1.29, 1.82) is 0 Å². The topological polar surface area (TPSA) is 102 Å². The highest BCUT2D eigenvalue weighted by molar-refractivity contribution is 5.96. The number of benzene rings is 2. The van der Waals surface area contributed by atoms with Gasteiger partial charge in [-0.15, -0.1) is 0 Å². The highest BCUT2D eigenvalue weighted by atomic mass is 16.6. The number of carboxylic acids is 1. The molecule has 1 amide bonds. The number of carboxylic acid groups (broad SMARTS) is 1. The number of unbranched alkanes of at least 4 members (excludes halogenated alkanes) is 1. The molecule has 4 aromatic rings. The molecule has 0 fully saturated rings. The van der Waals surface area contributed by atoms with E-state index in [0.29, 0.717) is 35.9 Å². The lowest BCUT2D eigenvalue weighted by Crippen LogP contribution is -2.28. The average molecular weight is 502 g/mol. The van der Waals surface area contributed by atoms with Crippen LogP contribution in [-0.2, 0) is 4.74 Å². The van der Waals surface area contributed by atoms with E-state index in [0.717, 1.165) is 29.5 Å². The zero-order valence-corrected chi connectivity index (χ0v) is 21.2. The summed E-state index contributed by atoms with van der Waals surface area (Å²) in [5.41, 5.74) is 4.71. The number of pyridine rings is 1. The predicted molar refractivity (Wildman–Crippen MR) is 141 cm³/mol. The number of aromatic nitrogens is 2. The number of aromatic carboxylic acids is 1. The molecular formula is C29H31N3O5. The largest absolute Gasteiger partial charge is 0.478 e. The van der Waals surface area contributed by atoms with Crippen LogP contribution in [0.5, 0.6) is 5.88 Å². The monoisotopic (exact) mass is 501 g/mol. The van der Waals surface area contributed by atoms with E-state index in [1.54, 1.807) is 30.5 Å². The van der Waals surface area contributed by atoms with Crippen molar-refractivity contribution in [2.45, 2.75) is 39.7 Å². The summed E-state index contributed by atoms with van der Waals surface area (Å²) < 4.78 is 13.5. The number of alkyl carbamates (subject to hydrolysis) is 1. The van der Waals surface area contributed by atoms with E-state index in [2.05, 4.69) is 17.2 Å². The van der Waals surface area contributed by atoms with Crippen molar-refractivity contribution in [2.75, 3.05) is 13.2 Å². The fourth-order valence-electron chi connectivity index (χ4n) is 4.20. The van der Waals surface area contributed by atoms with E-state index >= 15 is 0 Å². The van der Waals surface area contributed by atoms with Gasteiger partial charge in [0, 0.05) is 6.54 Å². The van der Waals surface area contributed by atoms with Crippen LogP contribution in [0.4, 0.5) is 4.79 Å². The Hall–Kier alpha value is -4.33. The minimum Gasteiger partial charge on any atom is -0.478 e. The van der Waals surface area contributed by atoms with Gasteiger partial charge in [-0.1, -0.05) is 61.9 Å². The summed E-state index contributed by atoms with van der Waals surface area (Å²) in [7, 11) is 0. The van der Waals surface area contributed by atoms with Gasteiger partial charge in [0.05, 0.1) is 24.1 Å². The maximum Gasteiger partial charge on any atom is 0.408 e. The number of rotatable bonds is 10. The second-order valence-corrected chi connectivity index (χ2v) is 8.69. The fourth-order valence-corrected chi connectivity index (χ4v) is 4.20. The number of hydrogen-bond acceptors (Lipinski definition) is 5. The first-order valence-electron chi connectivity index (χ1n) is 12.4. The molecule has 2 aromatic carbocycles. The minimum atomic E-state index is -0.989. The van der Waals surface area contributed by atoms with Gasteiger partial charge < -0.3 is 19.9 Å². The van der Waals surface area contributed by atoms with Gasteiger partial charge in [-0.2, -0.15) is 4.98 Å². The molecule has 0 bridgehead atoms. The molecule has 2 N–H and O–H groups in total. The van der Waals surface area contributed by atoms with Crippen molar-refractivity contribution in [2.24, 2.45) is 0 Å². The average Bonchev–Trinajstić information content (AvgIpc) is 3.33. The quantitative estimate of drug-likeness (QED) is 0.258. The molecule has 8 nitrogen and oxygen atoms in total. The van der Waals surface area contributed by atoms with E-state index in [-0.39, 0.29) is 5.56 Å². The van der Waals surface area contributed by atoms with Crippen LogP contribution >= 0.6 is 0 Å². The molecule has 0 saturated heterocycles. The number of carbonyl (C=O) groups excluding carboxylic acids is 1. The first-order chi connectivity index (χ1) is 17.9. The lowest BCUT2D eigenvalue weighted by Gasteiger charge is -2.21. The third kappa shape index (κ3) is 5.74. The molecule has 2 heterocycles. The number of fused-ring (bicyclic) bond motifs is 1. The summed E-state index contributed by atoms with van der Waals surface area (Å²) in [4.78, 5) is 29.0. The van der Waals surface area contributed by atoms with E-state index in [1.807, 2.05) is 54.6 Å². The summed E-state index contributed by atoms with van der Waals surface area (Å²) in [6.45, 7) is 6.92. The third-order valence-corrected chi connectivity index (χ3v) is 6.09. The first kappa shape index (κ1) is 25.8. The molecule has 192 valence electrons. The summed E-state index contributed by atoms with van der Waals surface area (Å²) in [6.07, 6.45) is 2.35. The Bertz CT molecular complexity index is 1390. The number of nitrogens with zero attached hydrogens (tertiary/aromatic N) is 2. The number of amides is 1. The number of ether oxygens (including phenoxy) is 2. The van der Waals surface area contributed by atoms with Crippen molar-refractivity contribution in [3.63, 3.8) is 0 Å². The molecule has 0 radical (unpaired) electrons. The van der Waals surface area contributed by atoms with Gasteiger partial charge in [0.15, 0.2) is 6.10 Å². The molecule has 1 unspecified atom stereocenters. The van der Waals surface area contributed by atoms with Gasteiger partial charge in [-0.25, -0.2) is 9.59 Å². The molecule has 4 rings (SSSR count). The number of nitrogens with one attached hydrogen (secondary N) is 1. The molecule has 1 atom stereocenters. The van der Waals surface area contributed by atoms with Gasteiger partial charge in [-0.3, -0.25) is 4.40 Å². The van der Waals surface area contributed by atoms with Crippen LogP contribution in [0.15, 0.2) is 66.9 Å². The van der Waals surface area contributed by atoms with Crippen LogP contribution in [0.1, 0.15) is 60.0 Å². The van der Waals surface area contributed by atoms with Gasteiger partial charge >= 0.3 is 12.1 Å². The summed E-state index contributed by atoms with van der Waals surface area (Å²) >= 11 is 0. The smallest absolute Gasteiger partial charge is 0.408 e. The fraction of sp³-hybridized carbons (Fsp3) is 0.276. The number of hydrogen-bond donors (Lipinski definition) is 2. The molecule has 0 saturated carbocycles. The third-order valence-electron chi connectivity index (χ3n) is 6.09. The van der Waals surface area contributed by atoms with Crippen LogP contribution in [0.25, 0.3) is 16.8 Å². The highest BCUT2D eigenvalue weighted by Gasteiger charge is 2.24. The number of imidazole rings is 1. The summed E-state index contributed by atoms with van der Waals surface area (Å²) in [5, 5.41) is 12.4. The molecule has 0 aliphatic rings. The van der Waals surface area contributed by atoms with E-state index < -0.39 is 18.2 Å². The van der Waals surface area contributed by atoms with Gasteiger partial charge in [0.2, 0.25) is 5.88 Å². The van der Waals surface area contributed by atoms with Gasteiger partial charge in [0.1, 0.15) is 5.65 Å². The molecule has 0 aliphatic heterocycles. The summed E-state index contributed by atoms with van der Waals surface area (Å²) in [6, 6.07) is 18.1. The molecule has 0 aliphatic carbocycles. The van der Waals surface area contributed by atoms with Crippen molar-refractivity contribution in [3.05, 3.63) is 89.2 Å². The molecule has 8 heteroatoms. The van der Waals surface area contributed by atoms with Crippen molar-refractivity contribution in [1.82, 2.24) is 14.7 Å². The maximum atomic E-state index is 12.7. The Morgan fingerprint density at radius 2 is 1.81 bits per heavy atom. The Labute approximate surface area is 215 Å². The minimum absolute atomic E-state index is 0.223. The number of carbonyl (C=O) groups is 2. The Kier molecular flexibility index (Phi) is 8.08.